The molecule has 0 aromatic heterocycles. The summed E-state index contributed by atoms with van der Waals surface area (Å²) >= 11 is 0. The molecule has 1 aromatic carbocycles. The van der Waals surface area contributed by atoms with E-state index in [0.717, 1.165) is 57.5 Å². The van der Waals surface area contributed by atoms with Crippen molar-refractivity contribution in [2.75, 3.05) is 31.5 Å². The van der Waals surface area contributed by atoms with Crippen molar-refractivity contribution in [3.63, 3.8) is 0 Å². The van der Waals surface area contributed by atoms with E-state index in [2.05, 4.69) is 15.5 Å². The van der Waals surface area contributed by atoms with E-state index in [0.29, 0.717) is 0 Å². The van der Waals surface area contributed by atoms with Crippen molar-refractivity contribution in [3.05, 3.63) is 30.3 Å². The van der Waals surface area contributed by atoms with E-state index < -0.39 is 0 Å². The molecule has 0 spiro atoms. The van der Waals surface area contributed by atoms with E-state index in [1.54, 1.807) is 0 Å². The van der Waals surface area contributed by atoms with Gasteiger partial charge in [-0.05, 0) is 44.7 Å². The van der Waals surface area contributed by atoms with Crippen molar-refractivity contribution < 1.29 is 9.59 Å². The Morgan fingerprint density at radius 2 is 1.68 bits per heavy atom. The van der Waals surface area contributed by atoms with Crippen LogP contribution in [-0.4, -0.2) is 60.0 Å². The highest BCUT2D eigenvalue weighted by Gasteiger charge is 2.30. The predicted octanol–water partition coefficient (Wildman–Crippen LogP) is 2.28. The highest BCUT2D eigenvalue weighted by Crippen LogP contribution is 2.17. The van der Waals surface area contributed by atoms with Gasteiger partial charge in [-0.2, -0.15) is 0 Å². The van der Waals surface area contributed by atoms with Gasteiger partial charge in [0.25, 0.3) is 0 Å². The molecule has 6 nitrogen and oxygen atoms in total. The Morgan fingerprint density at radius 3 is 2.32 bits per heavy atom. The number of anilines is 1. The number of urea groups is 1. The van der Waals surface area contributed by atoms with Gasteiger partial charge in [0.1, 0.15) is 0 Å². The molecule has 2 aliphatic rings. The Morgan fingerprint density at radius 1 is 1.04 bits per heavy atom. The number of nitrogens with zero attached hydrogens (tertiary/aromatic N) is 2. The van der Waals surface area contributed by atoms with Crippen LogP contribution in [0.2, 0.25) is 0 Å². The lowest BCUT2D eigenvalue weighted by atomic mass is 10.0. The van der Waals surface area contributed by atoms with E-state index in [4.69, 9.17) is 0 Å². The monoisotopic (exact) mass is 344 g/mol. The van der Waals surface area contributed by atoms with E-state index in [9.17, 15) is 9.59 Å². The Balaban J connectivity index is 1.42. The van der Waals surface area contributed by atoms with Gasteiger partial charge >= 0.3 is 6.03 Å². The van der Waals surface area contributed by atoms with Crippen molar-refractivity contribution >= 4 is 17.6 Å². The predicted molar refractivity (Wildman–Crippen MR) is 98.5 cm³/mol. The minimum atomic E-state index is -0.161. The molecule has 0 radical (unpaired) electrons. The van der Waals surface area contributed by atoms with Crippen molar-refractivity contribution in [2.45, 2.75) is 44.7 Å². The zero-order chi connectivity index (χ0) is 17.6. The molecule has 0 aliphatic carbocycles. The van der Waals surface area contributed by atoms with E-state index in [1.807, 2.05) is 42.2 Å². The van der Waals surface area contributed by atoms with E-state index in [1.165, 1.54) is 0 Å². The number of rotatable bonds is 4. The van der Waals surface area contributed by atoms with Crippen molar-refractivity contribution in [1.29, 1.82) is 0 Å². The van der Waals surface area contributed by atoms with Gasteiger partial charge in [-0.3, -0.25) is 9.69 Å². The fourth-order valence-corrected chi connectivity index (χ4v) is 3.66. The van der Waals surface area contributed by atoms with Gasteiger partial charge in [-0.15, -0.1) is 0 Å². The van der Waals surface area contributed by atoms with Crippen LogP contribution in [0.25, 0.3) is 0 Å². The minimum absolute atomic E-state index is 0.0582. The summed E-state index contributed by atoms with van der Waals surface area (Å²) in [6.07, 6.45) is 4.00. The zero-order valence-corrected chi connectivity index (χ0v) is 14.9. The molecule has 2 fully saturated rings. The SMILES string of the molecule is CC(C(=O)N1CCCC1)N1CCC(NC(=O)Nc2ccccc2)CC1. The van der Waals surface area contributed by atoms with Crippen molar-refractivity contribution in [3.8, 4) is 0 Å². The van der Waals surface area contributed by atoms with Gasteiger partial charge in [0.2, 0.25) is 5.91 Å². The Labute approximate surface area is 149 Å². The Hall–Kier alpha value is -2.08. The van der Waals surface area contributed by atoms with Crippen molar-refractivity contribution in [2.24, 2.45) is 0 Å². The molecule has 1 aromatic rings. The topological polar surface area (TPSA) is 64.7 Å². The van der Waals surface area contributed by atoms with E-state index in [-0.39, 0.29) is 24.0 Å². The maximum absolute atomic E-state index is 12.5. The van der Waals surface area contributed by atoms with Gasteiger partial charge in [-0.25, -0.2) is 4.79 Å². The molecule has 2 heterocycles. The molecule has 0 bridgehead atoms. The maximum atomic E-state index is 12.5. The van der Waals surface area contributed by atoms with Gasteiger partial charge in [0, 0.05) is 37.9 Å². The summed E-state index contributed by atoms with van der Waals surface area (Å²) in [5, 5.41) is 5.89. The van der Waals surface area contributed by atoms with Crippen LogP contribution in [0.1, 0.15) is 32.6 Å². The second-order valence-electron chi connectivity index (χ2n) is 6.98. The molecule has 25 heavy (non-hydrogen) atoms. The molecule has 2 saturated heterocycles. The van der Waals surface area contributed by atoms with Crippen molar-refractivity contribution in [1.82, 2.24) is 15.1 Å². The fourth-order valence-electron chi connectivity index (χ4n) is 3.66. The second kappa shape index (κ2) is 8.34. The Bertz CT molecular complexity index is 578. The number of hydrogen-bond donors (Lipinski definition) is 2. The van der Waals surface area contributed by atoms with Gasteiger partial charge in [0.05, 0.1) is 6.04 Å². The van der Waals surface area contributed by atoms with Crippen LogP contribution in [0, 0.1) is 0 Å². The molecule has 1 unspecified atom stereocenters. The molecule has 6 heteroatoms. The molecular weight excluding hydrogens is 316 g/mol. The summed E-state index contributed by atoms with van der Waals surface area (Å²) in [6.45, 7) is 5.51. The molecule has 136 valence electrons. The molecular formula is C19H28N4O2. The third-order valence-electron chi connectivity index (χ3n) is 5.22. The van der Waals surface area contributed by atoms with Crippen LogP contribution in [0.15, 0.2) is 30.3 Å². The third kappa shape index (κ3) is 4.72. The second-order valence-corrected chi connectivity index (χ2v) is 6.98. The van der Waals surface area contributed by atoms with E-state index >= 15 is 0 Å². The molecule has 0 saturated carbocycles. The highest BCUT2D eigenvalue weighted by atomic mass is 16.2. The average Bonchev–Trinajstić information content (AvgIpc) is 3.16. The molecule has 1 atom stereocenters. The largest absolute Gasteiger partial charge is 0.341 e. The summed E-state index contributed by atoms with van der Waals surface area (Å²) in [5.41, 5.74) is 0.794. The van der Waals surface area contributed by atoms with Crippen LogP contribution < -0.4 is 10.6 Å². The summed E-state index contributed by atoms with van der Waals surface area (Å²) in [7, 11) is 0. The number of carbonyl (C=O) groups is 2. The van der Waals surface area contributed by atoms with Crippen LogP contribution in [0.5, 0.6) is 0 Å². The lowest BCUT2D eigenvalue weighted by Crippen LogP contribution is -2.52. The lowest BCUT2D eigenvalue weighted by Gasteiger charge is -2.36. The first kappa shape index (κ1) is 17.7. The molecule has 3 rings (SSSR count). The van der Waals surface area contributed by atoms with Crippen LogP contribution in [0.4, 0.5) is 10.5 Å². The minimum Gasteiger partial charge on any atom is -0.341 e. The number of amides is 3. The number of carbonyl (C=O) groups excluding carboxylic acids is 2. The number of nitrogens with one attached hydrogen (secondary N) is 2. The van der Waals surface area contributed by atoms with Gasteiger partial charge < -0.3 is 15.5 Å². The molecule has 2 N–H and O–H groups in total. The first-order valence-corrected chi connectivity index (χ1v) is 9.29. The lowest BCUT2D eigenvalue weighted by molar-refractivity contribution is -0.135. The number of hydrogen-bond acceptors (Lipinski definition) is 3. The smallest absolute Gasteiger partial charge is 0.319 e. The van der Waals surface area contributed by atoms with Crippen LogP contribution in [0.3, 0.4) is 0 Å². The third-order valence-corrected chi connectivity index (χ3v) is 5.22. The van der Waals surface area contributed by atoms with Gasteiger partial charge in [-0.1, -0.05) is 18.2 Å². The number of para-hydroxylation sites is 1. The van der Waals surface area contributed by atoms with Gasteiger partial charge in [0.15, 0.2) is 0 Å². The highest BCUT2D eigenvalue weighted by molar-refractivity contribution is 5.89. The average molecular weight is 344 g/mol. The maximum Gasteiger partial charge on any atom is 0.319 e. The number of benzene rings is 1. The molecule has 3 amide bonds. The summed E-state index contributed by atoms with van der Waals surface area (Å²) < 4.78 is 0. The summed E-state index contributed by atoms with van der Waals surface area (Å²) in [5.74, 6) is 0.255. The first-order valence-electron chi connectivity index (χ1n) is 9.29. The number of piperidine rings is 1. The summed E-state index contributed by atoms with van der Waals surface area (Å²) in [6, 6.07) is 9.39. The first-order chi connectivity index (χ1) is 12.1. The van der Waals surface area contributed by atoms with Crippen LogP contribution >= 0.6 is 0 Å². The normalized spacial score (nSPS) is 20.3. The van der Waals surface area contributed by atoms with Crippen LogP contribution in [-0.2, 0) is 4.79 Å². The molecule has 2 aliphatic heterocycles. The Kier molecular flexibility index (Phi) is 5.91. The summed E-state index contributed by atoms with van der Waals surface area (Å²) in [4.78, 5) is 28.8. The fraction of sp³-hybridized carbons (Fsp3) is 0.579. The quantitative estimate of drug-likeness (QED) is 0.881. The standard InChI is InChI=1S/C19H28N4O2/c1-15(18(24)23-11-5-6-12-23)22-13-9-17(10-14-22)21-19(25)20-16-7-3-2-4-8-16/h2-4,7-8,15,17H,5-6,9-14H2,1H3,(H2,20,21,25). The zero-order valence-electron chi connectivity index (χ0n) is 14.9. The number of likely N-dealkylation sites (tertiary alicyclic amines) is 2.